The third-order valence-electron chi connectivity index (χ3n) is 22.1. The Hall–Kier alpha value is -3.00. The van der Waals surface area contributed by atoms with E-state index in [1.54, 1.807) is 61.4 Å². The molecule has 0 aliphatic carbocycles. The molecular weight excluding hydrogens is 1230 g/mol. The van der Waals surface area contributed by atoms with Crippen LogP contribution in [-0.2, 0) is 57.0 Å². The Bertz CT molecular complexity index is 2400. The number of methoxy groups -OCH3 is 4. The highest BCUT2D eigenvalue weighted by atomic mass is 16.6. The molecule has 0 radical (unpaired) electrons. The van der Waals surface area contributed by atoms with Crippen LogP contribution in [0.5, 0.6) is 0 Å². The van der Waals surface area contributed by atoms with E-state index in [1.807, 2.05) is 92.7 Å². The van der Waals surface area contributed by atoms with Crippen LogP contribution in [0, 0.1) is 47.3 Å². The zero-order valence-corrected chi connectivity index (χ0v) is 61.1. The quantitative estimate of drug-likeness (QED) is 0.0527. The molecule has 4 bridgehead atoms. The summed E-state index contributed by atoms with van der Waals surface area (Å²) < 4.78 is 61.4. The van der Waals surface area contributed by atoms with Gasteiger partial charge in [-0.25, -0.2) is 9.59 Å². The van der Waals surface area contributed by atoms with Crippen molar-refractivity contribution in [2.45, 2.75) is 333 Å². The molecule has 2 fully saturated rings. The topological polar surface area (TPSA) is 288 Å². The predicted octanol–water partition coefficient (Wildman–Crippen LogP) is 9.55. The predicted molar refractivity (Wildman–Crippen MR) is 368 cm³/mol. The zero-order valence-electron chi connectivity index (χ0n) is 61.1. The van der Waals surface area contributed by atoms with Crippen LogP contribution in [0.3, 0.4) is 0 Å². The van der Waals surface area contributed by atoms with E-state index >= 15 is 0 Å². The smallest absolute Gasteiger partial charge is 0.333 e. The second-order valence-corrected chi connectivity index (χ2v) is 29.9. The van der Waals surface area contributed by atoms with Gasteiger partial charge in [-0.3, -0.25) is 0 Å². The van der Waals surface area contributed by atoms with Gasteiger partial charge in [0.1, 0.15) is 12.2 Å². The molecule has 554 valence electrons. The maximum absolute atomic E-state index is 14.2. The van der Waals surface area contributed by atoms with E-state index in [4.69, 9.17) is 47.4 Å². The highest BCUT2D eigenvalue weighted by molar-refractivity contribution is 5.87. The van der Waals surface area contributed by atoms with Crippen LogP contribution < -0.4 is 0 Å². The minimum absolute atomic E-state index is 0.0306. The molecule has 0 aromatic rings. The molecule has 5 heterocycles. The summed E-state index contributed by atoms with van der Waals surface area (Å²) >= 11 is 0. The van der Waals surface area contributed by atoms with Gasteiger partial charge in [0, 0.05) is 101 Å². The van der Waals surface area contributed by atoms with Crippen LogP contribution >= 0.6 is 0 Å². The summed E-state index contributed by atoms with van der Waals surface area (Å²) in [5.74, 6) is -5.57. The fourth-order valence-corrected chi connectivity index (χ4v) is 15.2. The molecule has 2 saturated heterocycles. The SMILES string of the molecule is CO[C@H]1C[C@H](CC[C@H](C)[C@H](O)[C@H](C)[C@H]2OC(=O)/C=C/C(C)=C\C[C@H](O)C[C@@H]3C=CC[C@@H](C[C@H](OC)[C@@H](C)[C@@H](O)C[C@@H](O)C(C)[C@@H]([C@@H](C)[C@@H](O)[C@@H](C)CC[C@H]4C[C@H](OC)C[C@H](C)O4)OC(=O)/C(C)=C/C[C@H](O)C[C@@H]4C=CC[C@@H](C[C@H](OC)[C@@H](C)[C@@H](O)C[C@@H](O)[C@@H]2C)O4)O3)O[C@@H](C)C1. The largest absolute Gasteiger partial charge is 0.458 e. The van der Waals surface area contributed by atoms with Crippen molar-refractivity contribution in [1.29, 1.82) is 0 Å². The minimum atomic E-state index is -1.18. The van der Waals surface area contributed by atoms with E-state index < -0.39 is 133 Å². The zero-order chi connectivity index (χ0) is 71.1. The highest BCUT2D eigenvalue weighted by Crippen LogP contribution is 2.37. The van der Waals surface area contributed by atoms with Crippen molar-refractivity contribution < 1.29 is 97.8 Å². The van der Waals surface area contributed by atoms with Crippen molar-refractivity contribution in [1.82, 2.24) is 0 Å². The van der Waals surface area contributed by atoms with Crippen LogP contribution in [0.4, 0.5) is 0 Å². The number of cyclic esters (lactones) is 2. The number of carbonyl (C=O) groups is 2. The van der Waals surface area contributed by atoms with E-state index in [2.05, 4.69) is 0 Å². The number of fused-ring (bicyclic) bond motifs is 4. The molecule has 0 spiro atoms. The van der Waals surface area contributed by atoms with Crippen LogP contribution in [0.1, 0.15) is 199 Å². The molecule has 20 nitrogen and oxygen atoms in total. The van der Waals surface area contributed by atoms with E-state index in [-0.39, 0.29) is 105 Å². The van der Waals surface area contributed by atoms with E-state index in [1.165, 1.54) is 6.08 Å². The first-order valence-electron chi connectivity index (χ1n) is 36.4. The second-order valence-electron chi connectivity index (χ2n) is 29.9. The lowest BCUT2D eigenvalue weighted by Gasteiger charge is -2.38. The number of carbonyl (C=O) groups excluding carboxylic acids is 2. The van der Waals surface area contributed by atoms with Gasteiger partial charge in [0.2, 0.25) is 0 Å². The Morgan fingerprint density at radius 1 is 0.479 bits per heavy atom. The third-order valence-corrected chi connectivity index (χ3v) is 22.1. The molecule has 0 amide bonds. The maximum atomic E-state index is 14.2. The standard InChI is InChI=1S/C76H130O20/c1-43-23-28-55(77)35-57-19-17-21-59(93-57)39-70(90-16)50(8)66(80)42-68(82)52(10)75(54(12)73(85)45(3)27-31-62-38-64(88-14)34-48(6)92-62)96-76(86)46(4)25-29-56(78)36-58-20-18-22-60(94-58)40-69(89-15)49(7)65(79)41-67(81)51(9)74(95-71(83)32-24-43)53(11)72(84)44(2)26-30-61-37-63(87-13)33-47(5)91-61/h17-20,23-25,32,44-45,47-70,72-75,77-82,84-85H,21-22,26-31,33-42H2,1-16H3/b32-24+,43-23-,46-25+/t44-,45-,47-,48-,49-,50-,51-,52?,53-,54-,55-,56-,57-,58-,59-,60-,61-,62-,63+,64+,65-,66-,67+,68+,69-,70-,72-,73-,74-,75-/m0/s1. The van der Waals surface area contributed by atoms with Gasteiger partial charge in [-0.1, -0.05) is 103 Å². The number of aliphatic hydroxyl groups excluding tert-OH is 8. The normalized spacial score (nSPS) is 41.2. The lowest BCUT2D eigenvalue weighted by atomic mass is 9.78. The number of rotatable bonds is 16. The molecule has 96 heavy (non-hydrogen) atoms. The molecule has 30 atom stereocenters. The average molecular weight is 1360 g/mol. The van der Waals surface area contributed by atoms with Crippen molar-refractivity contribution in [2.24, 2.45) is 47.3 Å². The molecular formula is C76H130O20. The lowest BCUT2D eigenvalue weighted by Crippen LogP contribution is -2.46. The Labute approximate surface area is 575 Å². The number of hydrogen-bond donors (Lipinski definition) is 8. The summed E-state index contributed by atoms with van der Waals surface area (Å²) in [5.41, 5.74) is 0.927. The Kier molecular flexibility index (Phi) is 36.4. The van der Waals surface area contributed by atoms with Gasteiger partial charge in [-0.05, 0) is 129 Å². The van der Waals surface area contributed by atoms with Crippen LogP contribution in [0.25, 0.3) is 0 Å². The van der Waals surface area contributed by atoms with Crippen molar-refractivity contribution in [3.05, 3.63) is 59.8 Å². The molecule has 0 aromatic heterocycles. The van der Waals surface area contributed by atoms with Gasteiger partial charge in [-0.15, -0.1) is 0 Å². The van der Waals surface area contributed by atoms with Crippen LogP contribution in [0.2, 0.25) is 0 Å². The Balaban J connectivity index is 1.37. The monoisotopic (exact) mass is 1360 g/mol. The van der Waals surface area contributed by atoms with Crippen molar-refractivity contribution >= 4 is 11.9 Å². The first-order valence-corrected chi connectivity index (χ1v) is 36.4. The van der Waals surface area contributed by atoms with Crippen LogP contribution in [-0.4, -0.2) is 216 Å². The van der Waals surface area contributed by atoms with Gasteiger partial charge in [0.15, 0.2) is 0 Å². The first kappa shape index (κ1) is 83.7. The fourth-order valence-electron chi connectivity index (χ4n) is 15.2. The van der Waals surface area contributed by atoms with Gasteiger partial charge < -0.3 is 88.2 Å². The molecule has 8 N–H and O–H groups in total. The van der Waals surface area contributed by atoms with Gasteiger partial charge in [0.25, 0.3) is 0 Å². The van der Waals surface area contributed by atoms with Gasteiger partial charge in [-0.2, -0.15) is 0 Å². The molecule has 5 aliphatic heterocycles. The van der Waals surface area contributed by atoms with Crippen molar-refractivity contribution in [3.8, 4) is 0 Å². The number of aliphatic hydroxyl groups is 8. The van der Waals surface area contributed by atoms with E-state index in [0.29, 0.717) is 56.9 Å². The molecule has 0 saturated carbocycles. The second kappa shape index (κ2) is 41.8. The Morgan fingerprint density at radius 2 is 0.885 bits per heavy atom. The summed E-state index contributed by atoms with van der Waals surface area (Å²) in [5, 5.41) is 94.6. The fraction of sp³-hybridized carbons (Fsp3) is 0.842. The lowest BCUT2D eigenvalue weighted by molar-refractivity contribution is -0.159. The summed E-state index contributed by atoms with van der Waals surface area (Å²) in [7, 11) is 6.57. The van der Waals surface area contributed by atoms with Crippen molar-refractivity contribution in [2.75, 3.05) is 28.4 Å². The minimum Gasteiger partial charge on any atom is -0.458 e. The van der Waals surface area contributed by atoms with Crippen LogP contribution in [0.15, 0.2) is 59.8 Å². The maximum Gasteiger partial charge on any atom is 0.333 e. The summed E-state index contributed by atoms with van der Waals surface area (Å²) in [6, 6.07) is 0. The number of hydrogen-bond acceptors (Lipinski definition) is 20. The Morgan fingerprint density at radius 3 is 1.30 bits per heavy atom. The first-order chi connectivity index (χ1) is 45.4. The summed E-state index contributed by atoms with van der Waals surface area (Å²) in [6.45, 7) is 22.3. The molecule has 0 aromatic carbocycles. The summed E-state index contributed by atoms with van der Waals surface area (Å²) in [4.78, 5) is 28.1. The number of esters is 2. The van der Waals surface area contributed by atoms with E-state index in [0.717, 1.165) is 25.7 Å². The summed E-state index contributed by atoms with van der Waals surface area (Å²) in [6.07, 6.45) is 10.3. The number of ether oxygens (including phenoxy) is 10. The van der Waals surface area contributed by atoms with Crippen molar-refractivity contribution in [3.63, 3.8) is 0 Å². The molecule has 5 rings (SSSR count). The third kappa shape index (κ3) is 26.7. The number of allylic oxidation sites excluding steroid dienone is 2. The highest BCUT2D eigenvalue weighted by Gasteiger charge is 2.43. The molecule has 5 aliphatic rings. The van der Waals surface area contributed by atoms with Gasteiger partial charge >= 0.3 is 11.9 Å². The van der Waals surface area contributed by atoms with Gasteiger partial charge in [0.05, 0.1) is 122 Å². The average Bonchev–Trinajstić information content (AvgIpc) is 0.856. The molecule has 1 unspecified atom stereocenters. The molecule has 20 heteroatoms. The van der Waals surface area contributed by atoms with E-state index in [9.17, 15) is 50.4 Å².